The molecule has 2 aromatic heterocycles. The highest BCUT2D eigenvalue weighted by Crippen LogP contribution is 2.21. The van der Waals surface area contributed by atoms with E-state index in [2.05, 4.69) is 36.4 Å². The Morgan fingerprint density at radius 1 is 1.28 bits per heavy atom. The molecule has 0 radical (unpaired) electrons. The van der Waals surface area contributed by atoms with E-state index >= 15 is 0 Å². The smallest absolute Gasteiger partial charge is 0.241 e. The standard InChI is InChI=1S/C17H16BrN5O2/c1-23(10-15(24)20-14-7-3-2-6-13(14)18)11-16-21-17(22-25-16)12-5-4-8-19-9-12/h2-9H,10-11H2,1H3,(H,20,24). The van der Waals surface area contributed by atoms with E-state index in [0.717, 1.165) is 15.7 Å². The van der Waals surface area contributed by atoms with Crippen LogP contribution in [0.4, 0.5) is 5.69 Å². The van der Waals surface area contributed by atoms with Crippen molar-refractivity contribution in [2.24, 2.45) is 0 Å². The summed E-state index contributed by atoms with van der Waals surface area (Å²) in [7, 11) is 1.81. The van der Waals surface area contributed by atoms with Crippen LogP contribution in [0.3, 0.4) is 0 Å². The van der Waals surface area contributed by atoms with E-state index in [1.54, 1.807) is 17.3 Å². The second kappa shape index (κ2) is 8.00. The lowest BCUT2D eigenvalue weighted by Gasteiger charge is -2.14. The van der Waals surface area contributed by atoms with Crippen LogP contribution < -0.4 is 5.32 Å². The van der Waals surface area contributed by atoms with E-state index in [-0.39, 0.29) is 12.5 Å². The summed E-state index contributed by atoms with van der Waals surface area (Å²) in [6, 6.07) is 11.1. The number of halogens is 1. The van der Waals surface area contributed by atoms with Gasteiger partial charge in [-0.25, -0.2) is 0 Å². The van der Waals surface area contributed by atoms with Crippen molar-refractivity contribution in [1.29, 1.82) is 0 Å². The van der Waals surface area contributed by atoms with Crippen molar-refractivity contribution in [3.8, 4) is 11.4 Å². The van der Waals surface area contributed by atoms with Gasteiger partial charge in [0.15, 0.2) is 0 Å². The summed E-state index contributed by atoms with van der Waals surface area (Å²) in [5, 5.41) is 6.79. The molecule has 7 nitrogen and oxygen atoms in total. The molecule has 0 saturated carbocycles. The number of benzene rings is 1. The highest BCUT2D eigenvalue weighted by molar-refractivity contribution is 9.10. The number of hydrogen-bond donors (Lipinski definition) is 1. The van der Waals surface area contributed by atoms with Crippen LogP contribution in [0.25, 0.3) is 11.4 Å². The number of pyridine rings is 1. The third-order valence-corrected chi connectivity index (χ3v) is 4.05. The molecule has 25 heavy (non-hydrogen) atoms. The summed E-state index contributed by atoms with van der Waals surface area (Å²) in [6.07, 6.45) is 3.35. The number of hydrogen-bond acceptors (Lipinski definition) is 6. The Hall–Kier alpha value is -2.58. The Labute approximate surface area is 153 Å². The highest BCUT2D eigenvalue weighted by Gasteiger charge is 2.13. The van der Waals surface area contributed by atoms with E-state index in [9.17, 15) is 4.79 Å². The van der Waals surface area contributed by atoms with Crippen molar-refractivity contribution in [3.63, 3.8) is 0 Å². The molecule has 0 spiro atoms. The number of carbonyl (C=O) groups excluding carboxylic acids is 1. The second-order valence-corrected chi connectivity index (χ2v) is 6.31. The van der Waals surface area contributed by atoms with Gasteiger partial charge in [0.1, 0.15) is 0 Å². The van der Waals surface area contributed by atoms with Gasteiger partial charge in [-0.15, -0.1) is 0 Å². The number of rotatable bonds is 6. The quantitative estimate of drug-likeness (QED) is 0.683. The zero-order chi connectivity index (χ0) is 17.6. The van der Waals surface area contributed by atoms with E-state index in [1.807, 2.05) is 43.4 Å². The minimum Gasteiger partial charge on any atom is -0.338 e. The van der Waals surface area contributed by atoms with E-state index in [1.165, 1.54) is 0 Å². The van der Waals surface area contributed by atoms with Gasteiger partial charge in [0.25, 0.3) is 0 Å². The zero-order valence-corrected chi connectivity index (χ0v) is 15.1. The van der Waals surface area contributed by atoms with Crippen LogP contribution in [0.2, 0.25) is 0 Å². The zero-order valence-electron chi connectivity index (χ0n) is 13.5. The van der Waals surface area contributed by atoms with Gasteiger partial charge in [0.05, 0.1) is 18.8 Å². The molecule has 1 aromatic carbocycles. The number of amides is 1. The maximum Gasteiger partial charge on any atom is 0.241 e. The fourth-order valence-corrected chi connectivity index (χ4v) is 2.60. The van der Waals surface area contributed by atoms with Gasteiger partial charge >= 0.3 is 0 Å². The average Bonchev–Trinajstić information content (AvgIpc) is 3.06. The minimum atomic E-state index is -0.124. The van der Waals surface area contributed by atoms with Crippen LogP contribution in [0, 0.1) is 0 Å². The number of carbonyl (C=O) groups is 1. The number of para-hydroxylation sites is 1. The summed E-state index contributed by atoms with van der Waals surface area (Å²) in [4.78, 5) is 22.3. The molecule has 3 rings (SSSR count). The Morgan fingerprint density at radius 3 is 2.88 bits per heavy atom. The number of nitrogens with one attached hydrogen (secondary N) is 1. The second-order valence-electron chi connectivity index (χ2n) is 5.45. The molecule has 8 heteroatoms. The Bertz CT molecular complexity index is 853. The molecule has 1 N–H and O–H groups in total. The minimum absolute atomic E-state index is 0.124. The molecule has 0 aliphatic carbocycles. The van der Waals surface area contributed by atoms with Gasteiger partial charge in [-0.3, -0.25) is 14.7 Å². The summed E-state index contributed by atoms with van der Waals surface area (Å²) in [5.41, 5.74) is 1.52. The molecule has 128 valence electrons. The van der Waals surface area contributed by atoms with E-state index in [0.29, 0.717) is 18.3 Å². The molecular formula is C17H16BrN5O2. The summed E-state index contributed by atoms with van der Waals surface area (Å²) in [5.74, 6) is 0.797. The van der Waals surface area contributed by atoms with Crippen molar-refractivity contribution in [1.82, 2.24) is 20.0 Å². The largest absolute Gasteiger partial charge is 0.338 e. The predicted molar refractivity (Wildman–Crippen MR) is 96.6 cm³/mol. The van der Waals surface area contributed by atoms with Gasteiger partial charge in [-0.1, -0.05) is 17.3 Å². The van der Waals surface area contributed by atoms with Crippen LogP contribution in [0.1, 0.15) is 5.89 Å². The Kier molecular flexibility index (Phi) is 5.52. The third-order valence-electron chi connectivity index (χ3n) is 3.35. The maximum atomic E-state index is 12.1. The van der Waals surface area contributed by atoms with Crippen molar-refractivity contribution >= 4 is 27.5 Å². The molecule has 0 aliphatic rings. The summed E-state index contributed by atoms with van der Waals surface area (Å²) < 4.78 is 6.08. The van der Waals surface area contributed by atoms with Crippen LogP contribution in [0.15, 0.2) is 57.8 Å². The van der Waals surface area contributed by atoms with Gasteiger partial charge in [0, 0.05) is 22.4 Å². The predicted octanol–water partition coefficient (Wildman–Crippen LogP) is 2.96. The molecule has 1 amide bonds. The number of likely N-dealkylation sites (N-methyl/N-ethyl adjacent to an activating group) is 1. The summed E-state index contributed by atoms with van der Waals surface area (Å²) in [6.45, 7) is 0.572. The molecule has 0 unspecified atom stereocenters. The van der Waals surface area contributed by atoms with Crippen molar-refractivity contribution < 1.29 is 9.32 Å². The molecule has 2 heterocycles. The van der Waals surface area contributed by atoms with Gasteiger partial charge < -0.3 is 9.84 Å². The molecule has 0 atom stereocenters. The first kappa shape index (κ1) is 17.2. The number of nitrogens with zero attached hydrogens (tertiary/aromatic N) is 4. The van der Waals surface area contributed by atoms with Crippen LogP contribution >= 0.6 is 15.9 Å². The molecule has 0 fully saturated rings. The van der Waals surface area contributed by atoms with Crippen LogP contribution in [-0.2, 0) is 11.3 Å². The lowest BCUT2D eigenvalue weighted by atomic mass is 10.3. The SMILES string of the molecule is CN(CC(=O)Nc1ccccc1Br)Cc1nc(-c2cccnc2)no1. The highest BCUT2D eigenvalue weighted by atomic mass is 79.9. The maximum absolute atomic E-state index is 12.1. The topological polar surface area (TPSA) is 84.2 Å². The first-order valence-electron chi connectivity index (χ1n) is 7.58. The van der Waals surface area contributed by atoms with Crippen LogP contribution in [0.5, 0.6) is 0 Å². The summed E-state index contributed by atoms with van der Waals surface area (Å²) >= 11 is 3.40. The van der Waals surface area contributed by atoms with Gasteiger partial charge in [-0.2, -0.15) is 4.98 Å². The average molecular weight is 402 g/mol. The van der Waals surface area contributed by atoms with E-state index < -0.39 is 0 Å². The lowest BCUT2D eigenvalue weighted by molar-refractivity contribution is -0.117. The Morgan fingerprint density at radius 2 is 2.12 bits per heavy atom. The van der Waals surface area contributed by atoms with Crippen molar-refractivity contribution in [2.75, 3.05) is 18.9 Å². The van der Waals surface area contributed by atoms with Crippen molar-refractivity contribution in [2.45, 2.75) is 6.54 Å². The van der Waals surface area contributed by atoms with Crippen molar-refractivity contribution in [3.05, 3.63) is 59.2 Å². The number of aromatic nitrogens is 3. The fraction of sp³-hybridized carbons (Fsp3) is 0.176. The molecule has 0 saturated heterocycles. The molecule has 0 aliphatic heterocycles. The normalized spacial score (nSPS) is 10.8. The monoisotopic (exact) mass is 401 g/mol. The fourth-order valence-electron chi connectivity index (χ4n) is 2.22. The molecular weight excluding hydrogens is 386 g/mol. The van der Waals surface area contributed by atoms with E-state index in [4.69, 9.17) is 4.52 Å². The van der Waals surface area contributed by atoms with Gasteiger partial charge in [-0.05, 0) is 47.2 Å². The third kappa shape index (κ3) is 4.71. The Balaban J connectivity index is 1.56. The lowest BCUT2D eigenvalue weighted by Crippen LogP contribution is -2.30. The molecule has 3 aromatic rings. The van der Waals surface area contributed by atoms with Gasteiger partial charge in [0.2, 0.25) is 17.6 Å². The molecule has 0 bridgehead atoms. The first-order valence-corrected chi connectivity index (χ1v) is 8.37. The number of anilines is 1. The first-order chi connectivity index (χ1) is 12.1. The van der Waals surface area contributed by atoms with Crippen LogP contribution in [-0.4, -0.2) is 39.5 Å².